The number of rotatable bonds is 1. The van der Waals surface area contributed by atoms with Gasteiger partial charge in [0.1, 0.15) is 4.60 Å². The summed E-state index contributed by atoms with van der Waals surface area (Å²) in [6.07, 6.45) is 0. The van der Waals surface area contributed by atoms with E-state index in [1.807, 2.05) is 0 Å². The fraction of sp³-hybridized carbons (Fsp3) is 0. The number of nitrogens with zero attached hydrogens (tertiary/aromatic N) is 1. The normalized spacial score (nSPS) is 10.6. The maximum atomic E-state index is 10.7. The Kier molecular flexibility index (Phi) is 2.16. The largest absolute Gasteiger partial charge is 0.505 e. The molecule has 14 heavy (non-hydrogen) atoms. The SMILES string of the molecule is O=C(O)c1nc(Br)c2sccc2c1O. The van der Waals surface area contributed by atoms with Crippen LogP contribution < -0.4 is 0 Å². The topological polar surface area (TPSA) is 70.4 Å². The van der Waals surface area contributed by atoms with Crippen LogP contribution in [-0.2, 0) is 0 Å². The average molecular weight is 274 g/mol. The quantitative estimate of drug-likeness (QED) is 0.783. The van der Waals surface area contributed by atoms with E-state index in [-0.39, 0.29) is 11.4 Å². The summed E-state index contributed by atoms with van der Waals surface area (Å²) in [6, 6.07) is 1.66. The van der Waals surface area contributed by atoms with E-state index in [0.717, 1.165) is 4.70 Å². The van der Waals surface area contributed by atoms with Gasteiger partial charge in [0, 0.05) is 5.39 Å². The van der Waals surface area contributed by atoms with Gasteiger partial charge in [-0.25, -0.2) is 9.78 Å². The second kappa shape index (κ2) is 3.21. The number of carboxylic acid groups (broad SMARTS) is 1. The summed E-state index contributed by atoms with van der Waals surface area (Å²) in [4.78, 5) is 14.4. The molecule has 4 nitrogen and oxygen atoms in total. The zero-order chi connectivity index (χ0) is 10.3. The molecule has 0 radical (unpaired) electrons. The molecule has 0 aliphatic rings. The maximum Gasteiger partial charge on any atom is 0.358 e. The van der Waals surface area contributed by atoms with E-state index >= 15 is 0 Å². The van der Waals surface area contributed by atoms with Gasteiger partial charge < -0.3 is 10.2 Å². The van der Waals surface area contributed by atoms with Crippen LogP contribution in [0.25, 0.3) is 10.1 Å². The molecule has 2 heterocycles. The Bertz CT molecular complexity index is 523. The minimum atomic E-state index is -1.24. The van der Waals surface area contributed by atoms with Gasteiger partial charge in [-0.15, -0.1) is 11.3 Å². The molecule has 2 rings (SSSR count). The summed E-state index contributed by atoms with van der Waals surface area (Å²) in [5.41, 5.74) is -0.331. The zero-order valence-electron chi connectivity index (χ0n) is 6.69. The lowest BCUT2D eigenvalue weighted by molar-refractivity contribution is 0.0687. The number of thiophene rings is 1. The first-order valence-corrected chi connectivity index (χ1v) is 5.27. The van der Waals surface area contributed by atoms with Crippen molar-refractivity contribution in [1.82, 2.24) is 4.98 Å². The minimum Gasteiger partial charge on any atom is -0.505 e. The third kappa shape index (κ3) is 1.27. The summed E-state index contributed by atoms with van der Waals surface area (Å²) in [5.74, 6) is -1.52. The van der Waals surface area contributed by atoms with E-state index in [1.165, 1.54) is 11.3 Å². The van der Waals surface area contributed by atoms with Crippen LogP contribution in [0.2, 0.25) is 0 Å². The monoisotopic (exact) mass is 273 g/mol. The van der Waals surface area contributed by atoms with E-state index in [4.69, 9.17) is 5.11 Å². The molecule has 0 spiro atoms. The van der Waals surface area contributed by atoms with Crippen molar-refractivity contribution in [2.24, 2.45) is 0 Å². The molecule has 2 N–H and O–H groups in total. The number of halogens is 1. The number of aromatic carboxylic acids is 1. The Morgan fingerprint density at radius 1 is 1.57 bits per heavy atom. The fourth-order valence-electron chi connectivity index (χ4n) is 1.13. The van der Waals surface area contributed by atoms with Gasteiger partial charge in [0.15, 0.2) is 11.4 Å². The first kappa shape index (κ1) is 9.42. The van der Waals surface area contributed by atoms with Crippen LogP contribution in [0.1, 0.15) is 10.5 Å². The molecule has 0 aromatic carbocycles. The lowest BCUT2D eigenvalue weighted by Crippen LogP contribution is -2.00. The van der Waals surface area contributed by atoms with Crippen LogP contribution in [-0.4, -0.2) is 21.2 Å². The Labute approximate surface area is 91.0 Å². The van der Waals surface area contributed by atoms with Crippen molar-refractivity contribution in [2.45, 2.75) is 0 Å². The highest BCUT2D eigenvalue weighted by Gasteiger charge is 2.17. The van der Waals surface area contributed by atoms with Gasteiger partial charge in [0.25, 0.3) is 0 Å². The molecule has 72 valence electrons. The number of carboxylic acids is 1. The molecule has 0 saturated heterocycles. The fourth-order valence-corrected chi connectivity index (χ4v) is 2.58. The Morgan fingerprint density at radius 3 is 2.93 bits per heavy atom. The van der Waals surface area contributed by atoms with E-state index < -0.39 is 5.97 Å². The van der Waals surface area contributed by atoms with Crippen molar-refractivity contribution < 1.29 is 15.0 Å². The van der Waals surface area contributed by atoms with E-state index in [9.17, 15) is 9.90 Å². The Balaban J connectivity index is 2.88. The second-order valence-electron chi connectivity index (χ2n) is 2.57. The Hall–Kier alpha value is -1.14. The second-order valence-corrected chi connectivity index (χ2v) is 4.24. The average Bonchev–Trinajstić information content (AvgIpc) is 2.59. The lowest BCUT2D eigenvalue weighted by atomic mass is 10.2. The molecular weight excluding hydrogens is 270 g/mol. The molecule has 6 heteroatoms. The van der Waals surface area contributed by atoms with Crippen molar-refractivity contribution >= 4 is 43.3 Å². The molecule has 0 bridgehead atoms. The molecule has 0 unspecified atom stereocenters. The predicted molar refractivity (Wildman–Crippen MR) is 55.9 cm³/mol. The van der Waals surface area contributed by atoms with Crippen molar-refractivity contribution in [1.29, 1.82) is 0 Å². The van der Waals surface area contributed by atoms with E-state index in [0.29, 0.717) is 9.99 Å². The van der Waals surface area contributed by atoms with Crippen LogP contribution in [0.4, 0.5) is 0 Å². The van der Waals surface area contributed by atoms with Gasteiger partial charge in [-0.3, -0.25) is 0 Å². The summed E-state index contributed by atoms with van der Waals surface area (Å²) in [6.45, 7) is 0. The van der Waals surface area contributed by atoms with Gasteiger partial charge in [-0.2, -0.15) is 0 Å². The van der Waals surface area contributed by atoms with Crippen molar-refractivity contribution in [3.63, 3.8) is 0 Å². The maximum absolute atomic E-state index is 10.7. The van der Waals surface area contributed by atoms with Crippen LogP contribution in [0.3, 0.4) is 0 Å². The van der Waals surface area contributed by atoms with Crippen molar-refractivity contribution in [3.8, 4) is 5.75 Å². The van der Waals surface area contributed by atoms with Crippen LogP contribution >= 0.6 is 27.3 Å². The smallest absolute Gasteiger partial charge is 0.358 e. The van der Waals surface area contributed by atoms with E-state index in [1.54, 1.807) is 11.4 Å². The molecule has 0 amide bonds. The number of carbonyl (C=O) groups is 1. The van der Waals surface area contributed by atoms with Gasteiger partial charge in [0.05, 0.1) is 4.70 Å². The number of hydrogen-bond acceptors (Lipinski definition) is 4. The summed E-state index contributed by atoms with van der Waals surface area (Å²) in [5, 5.41) is 20.6. The first-order valence-electron chi connectivity index (χ1n) is 3.60. The molecule has 0 atom stereocenters. The molecule has 2 aromatic rings. The Morgan fingerprint density at radius 2 is 2.29 bits per heavy atom. The van der Waals surface area contributed by atoms with Crippen LogP contribution in [0, 0.1) is 0 Å². The van der Waals surface area contributed by atoms with E-state index in [2.05, 4.69) is 20.9 Å². The van der Waals surface area contributed by atoms with Gasteiger partial charge in [-0.05, 0) is 27.4 Å². The van der Waals surface area contributed by atoms with Gasteiger partial charge in [-0.1, -0.05) is 0 Å². The third-order valence-corrected chi connectivity index (χ3v) is 3.50. The molecule has 0 saturated carbocycles. The predicted octanol–water partition coefficient (Wildman–Crippen LogP) is 2.46. The summed E-state index contributed by atoms with van der Waals surface area (Å²) in [7, 11) is 0. The molecule has 0 aliphatic heterocycles. The number of aromatic hydroxyl groups is 1. The molecule has 2 aromatic heterocycles. The standard InChI is InChI=1S/C8H4BrNO3S/c9-7-6-3(1-2-14-6)5(11)4(10-7)8(12)13/h1-2,11H,(H,12,13). The zero-order valence-corrected chi connectivity index (χ0v) is 9.09. The molecule has 0 aliphatic carbocycles. The highest BCUT2D eigenvalue weighted by atomic mass is 79.9. The number of aromatic nitrogens is 1. The highest BCUT2D eigenvalue weighted by molar-refractivity contribution is 9.10. The number of fused-ring (bicyclic) bond motifs is 1. The lowest BCUT2D eigenvalue weighted by Gasteiger charge is -2.01. The van der Waals surface area contributed by atoms with Crippen LogP contribution in [0.15, 0.2) is 16.0 Å². The summed E-state index contributed by atoms with van der Waals surface area (Å²) >= 11 is 4.54. The minimum absolute atomic E-state index is 0.281. The molecular formula is C8H4BrNO3S. The van der Waals surface area contributed by atoms with Crippen molar-refractivity contribution in [3.05, 3.63) is 21.7 Å². The van der Waals surface area contributed by atoms with Crippen molar-refractivity contribution in [2.75, 3.05) is 0 Å². The highest BCUT2D eigenvalue weighted by Crippen LogP contribution is 2.35. The van der Waals surface area contributed by atoms with Gasteiger partial charge >= 0.3 is 5.97 Å². The number of hydrogen-bond donors (Lipinski definition) is 2. The number of pyridine rings is 1. The van der Waals surface area contributed by atoms with Crippen LogP contribution in [0.5, 0.6) is 5.75 Å². The summed E-state index contributed by atoms with van der Waals surface area (Å²) < 4.78 is 1.19. The first-order chi connectivity index (χ1) is 6.61. The third-order valence-electron chi connectivity index (χ3n) is 1.74. The molecule has 0 fully saturated rings. The van der Waals surface area contributed by atoms with Gasteiger partial charge in [0.2, 0.25) is 0 Å².